The number of Topliss-reactive ketones (excluding diaryl/α,β-unsaturated/α-hetero) is 2. The number of nitrogens with one attached hydrogen (secondary N) is 1. The summed E-state index contributed by atoms with van der Waals surface area (Å²) in [6, 6.07) is 13.3. The third kappa shape index (κ3) is 7.54. The van der Waals surface area contributed by atoms with Gasteiger partial charge in [0, 0.05) is 30.0 Å². The van der Waals surface area contributed by atoms with Crippen molar-refractivity contribution >= 4 is 23.4 Å². The van der Waals surface area contributed by atoms with Gasteiger partial charge in [0.15, 0.2) is 18.2 Å². The van der Waals surface area contributed by atoms with E-state index >= 15 is 0 Å². The van der Waals surface area contributed by atoms with Gasteiger partial charge in [0.1, 0.15) is 11.5 Å². The van der Waals surface area contributed by atoms with Crippen LogP contribution in [0.1, 0.15) is 74.6 Å². The van der Waals surface area contributed by atoms with Gasteiger partial charge in [-0.3, -0.25) is 19.2 Å². The van der Waals surface area contributed by atoms with Crippen molar-refractivity contribution in [3.63, 3.8) is 0 Å². The summed E-state index contributed by atoms with van der Waals surface area (Å²) in [5.41, 5.74) is 0.407. The minimum Gasteiger partial charge on any atom is -0.457 e. The van der Waals surface area contributed by atoms with Gasteiger partial charge in [-0.15, -0.1) is 0 Å². The molecule has 2 rings (SSSR count). The van der Waals surface area contributed by atoms with Crippen LogP contribution in [0.4, 0.5) is 0 Å². The number of benzene rings is 2. The average molecular weight is 468 g/mol. The molecule has 7 heteroatoms. The lowest BCUT2D eigenvalue weighted by atomic mass is 9.85. The maximum absolute atomic E-state index is 12.8. The summed E-state index contributed by atoms with van der Waals surface area (Å²) in [6.07, 6.45) is 1.55. The number of rotatable bonds is 12. The first-order valence-electron chi connectivity index (χ1n) is 11.5. The molecule has 0 radical (unpaired) electrons. The molecule has 0 unspecified atom stereocenters. The maximum atomic E-state index is 12.8. The monoisotopic (exact) mass is 467 g/mol. The SMILES string of the molecule is CCC(CC)(CC(=O)c1ccc(Oc2ccc(C(=O)COC(=O)C(C)C)cc2)cc1)NC(C)=O. The van der Waals surface area contributed by atoms with Gasteiger partial charge < -0.3 is 14.8 Å². The molecule has 34 heavy (non-hydrogen) atoms. The van der Waals surface area contributed by atoms with Crippen LogP contribution in [0.2, 0.25) is 0 Å². The molecule has 0 aliphatic carbocycles. The Morgan fingerprint density at radius 3 is 1.71 bits per heavy atom. The first-order valence-corrected chi connectivity index (χ1v) is 11.5. The van der Waals surface area contributed by atoms with Gasteiger partial charge in [-0.05, 0) is 61.4 Å². The van der Waals surface area contributed by atoms with Crippen molar-refractivity contribution in [2.45, 2.75) is 59.4 Å². The van der Waals surface area contributed by atoms with Crippen LogP contribution in [0, 0.1) is 5.92 Å². The molecule has 2 aromatic rings. The fraction of sp³-hybridized carbons (Fsp3) is 0.407. The minimum atomic E-state index is -0.551. The first-order chi connectivity index (χ1) is 16.1. The van der Waals surface area contributed by atoms with Crippen LogP contribution in [0.25, 0.3) is 0 Å². The van der Waals surface area contributed by atoms with E-state index in [2.05, 4.69) is 5.32 Å². The molecular formula is C27H33NO6. The second-order valence-corrected chi connectivity index (χ2v) is 8.60. The minimum absolute atomic E-state index is 0.0509. The number of amides is 1. The molecule has 0 aliphatic rings. The molecule has 0 saturated heterocycles. The summed E-state index contributed by atoms with van der Waals surface area (Å²) in [6.45, 7) is 8.49. The smallest absolute Gasteiger partial charge is 0.308 e. The highest BCUT2D eigenvalue weighted by atomic mass is 16.5. The number of ketones is 2. The van der Waals surface area contributed by atoms with E-state index in [9.17, 15) is 19.2 Å². The molecule has 0 atom stereocenters. The Kier molecular flexibility index (Phi) is 9.54. The molecule has 1 amide bonds. The standard InChI is InChI=1S/C27H33NO6/c1-6-27(7-2,28-19(5)29)16-24(30)20-8-12-22(13-9-20)34-23-14-10-21(11-15-23)25(31)17-33-26(32)18(3)4/h8-15,18H,6-7,16-17H2,1-5H3,(H,28,29). The Bertz CT molecular complexity index is 1000. The van der Waals surface area contributed by atoms with Crippen LogP contribution in [0.3, 0.4) is 0 Å². The average Bonchev–Trinajstić information content (AvgIpc) is 2.82. The zero-order valence-electron chi connectivity index (χ0n) is 20.5. The normalized spacial score (nSPS) is 11.1. The van der Waals surface area contributed by atoms with Gasteiger partial charge in [-0.2, -0.15) is 0 Å². The lowest BCUT2D eigenvalue weighted by Gasteiger charge is -2.32. The van der Waals surface area contributed by atoms with Crippen LogP contribution in [0.15, 0.2) is 48.5 Å². The summed E-state index contributed by atoms with van der Waals surface area (Å²) in [4.78, 5) is 48.1. The second-order valence-electron chi connectivity index (χ2n) is 8.60. The molecule has 7 nitrogen and oxygen atoms in total. The lowest BCUT2D eigenvalue weighted by molar-refractivity contribution is -0.146. The van der Waals surface area contributed by atoms with Crippen molar-refractivity contribution in [3.8, 4) is 11.5 Å². The van der Waals surface area contributed by atoms with Crippen LogP contribution in [-0.4, -0.2) is 35.6 Å². The van der Waals surface area contributed by atoms with Crippen LogP contribution < -0.4 is 10.1 Å². The fourth-order valence-corrected chi connectivity index (χ4v) is 3.44. The van der Waals surface area contributed by atoms with E-state index in [1.165, 1.54) is 6.92 Å². The summed E-state index contributed by atoms with van der Waals surface area (Å²) >= 11 is 0. The highest BCUT2D eigenvalue weighted by Gasteiger charge is 2.30. The van der Waals surface area contributed by atoms with E-state index in [0.29, 0.717) is 35.5 Å². The summed E-state index contributed by atoms with van der Waals surface area (Å²) in [7, 11) is 0. The maximum Gasteiger partial charge on any atom is 0.308 e. The van der Waals surface area contributed by atoms with Gasteiger partial charge in [-0.25, -0.2) is 0 Å². The summed E-state index contributed by atoms with van der Waals surface area (Å²) < 4.78 is 10.8. The predicted molar refractivity (Wildman–Crippen MR) is 129 cm³/mol. The van der Waals surface area contributed by atoms with Crippen molar-refractivity contribution in [1.82, 2.24) is 5.32 Å². The molecule has 0 aromatic heterocycles. The predicted octanol–water partition coefficient (Wildman–Crippen LogP) is 5.13. The number of esters is 1. The summed E-state index contributed by atoms with van der Waals surface area (Å²) in [5, 5.41) is 2.94. The van der Waals surface area contributed by atoms with E-state index in [-0.39, 0.29) is 36.4 Å². The number of hydrogen-bond acceptors (Lipinski definition) is 6. The van der Waals surface area contributed by atoms with Crippen molar-refractivity contribution in [2.24, 2.45) is 5.92 Å². The molecule has 2 aromatic carbocycles. The lowest BCUT2D eigenvalue weighted by Crippen LogP contribution is -2.48. The van der Waals surface area contributed by atoms with Crippen molar-refractivity contribution in [3.05, 3.63) is 59.7 Å². The Morgan fingerprint density at radius 1 is 0.824 bits per heavy atom. The van der Waals surface area contributed by atoms with E-state index < -0.39 is 11.5 Å². The first kappa shape index (κ1) is 26.8. The highest BCUT2D eigenvalue weighted by Crippen LogP contribution is 2.25. The Morgan fingerprint density at radius 2 is 1.29 bits per heavy atom. The molecule has 1 N–H and O–H groups in total. The number of carbonyl (C=O) groups excluding carboxylic acids is 4. The Labute approximate surface area is 200 Å². The molecule has 0 spiro atoms. The second kappa shape index (κ2) is 12.1. The molecule has 0 bridgehead atoms. The topological polar surface area (TPSA) is 98.8 Å². The van der Waals surface area contributed by atoms with E-state index in [4.69, 9.17) is 9.47 Å². The van der Waals surface area contributed by atoms with Crippen LogP contribution >= 0.6 is 0 Å². The van der Waals surface area contributed by atoms with Crippen LogP contribution in [-0.2, 0) is 14.3 Å². The van der Waals surface area contributed by atoms with Crippen LogP contribution in [0.5, 0.6) is 11.5 Å². The van der Waals surface area contributed by atoms with Crippen molar-refractivity contribution < 1.29 is 28.7 Å². The zero-order valence-corrected chi connectivity index (χ0v) is 20.5. The van der Waals surface area contributed by atoms with E-state index in [0.717, 1.165) is 0 Å². The molecule has 0 fully saturated rings. The number of ether oxygens (including phenoxy) is 2. The largest absolute Gasteiger partial charge is 0.457 e. The molecule has 0 saturated carbocycles. The quantitative estimate of drug-likeness (QED) is 0.343. The molecule has 0 aliphatic heterocycles. The number of carbonyl (C=O) groups is 4. The van der Waals surface area contributed by atoms with E-state index in [1.54, 1.807) is 62.4 Å². The van der Waals surface area contributed by atoms with Gasteiger partial charge in [0.05, 0.1) is 5.92 Å². The van der Waals surface area contributed by atoms with Crippen molar-refractivity contribution in [1.29, 1.82) is 0 Å². The zero-order chi connectivity index (χ0) is 25.3. The Balaban J connectivity index is 1.99. The number of hydrogen-bond donors (Lipinski definition) is 1. The summed E-state index contributed by atoms with van der Waals surface area (Å²) in [5.74, 6) is -0.131. The molecular weight excluding hydrogens is 434 g/mol. The molecule has 0 heterocycles. The van der Waals surface area contributed by atoms with Gasteiger partial charge >= 0.3 is 5.97 Å². The third-order valence-electron chi connectivity index (χ3n) is 5.70. The van der Waals surface area contributed by atoms with E-state index in [1.807, 2.05) is 13.8 Å². The van der Waals surface area contributed by atoms with Gasteiger partial charge in [0.25, 0.3) is 0 Å². The van der Waals surface area contributed by atoms with Gasteiger partial charge in [0.2, 0.25) is 5.91 Å². The third-order valence-corrected chi connectivity index (χ3v) is 5.70. The Hall–Kier alpha value is -3.48. The van der Waals surface area contributed by atoms with Gasteiger partial charge in [-0.1, -0.05) is 27.7 Å². The van der Waals surface area contributed by atoms with Crippen molar-refractivity contribution in [2.75, 3.05) is 6.61 Å². The fourth-order valence-electron chi connectivity index (χ4n) is 3.44. The molecule has 182 valence electrons. The highest BCUT2D eigenvalue weighted by molar-refractivity contribution is 5.98.